The summed E-state index contributed by atoms with van der Waals surface area (Å²) in [7, 11) is -1.000. The maximum atomic E-state index is 11.6. The normalized spacial score (nSPS) is 15.7. The van der Waals surface area contributed by atoms with Gasteiger partial charge in [-0.1, -0.05) is 66.7 Å². The molecule has 5 heteroatoms. The van der Waals surface area contributed by atoms with Gasteiger partial charge in [-0.2, -0.15) is 0 Å². The number of hydrogen-bond donors (Lipinski definition) is 0. The average Bonchev–Trinajstić information content (AvgIpc) is 2.69. The second kappa shape index (κ2) is 9.23. The summed E-state index contributed by atoms with van der Waals surface area (Å²) in [5.74, 6) is 5.29. The fourth-order valence-corrected chi connectivity index (χ4v) is 5.45. The van der Waals surface area contributed by atoms with Gasteiger partial charge in [0.05, 0.1) is 16.7 Å². The van der Waals surface area contributed by atoms with Crippen LogP contribution in [0.25, 0.3) is 0 Å². The van der Waals surface area contributed by atoms with E-state index >= 15 is 0 Å². The first-order chi connectivity index (χ1) is 12.3. The molecular weight excluding hydrogens is 390 g/mol. The molecule has 26 heavy (non-hydrogen) atoms. The van der Waals surface area contributed by atoms with Gasteiger partial charge in [0, 0.05) is 22.2 Å². The van der Waals surface area contributed by atoms with Gasteiger partial charge in [0.25, 0.3) is 0 Å². The van der Waals surface area contributed by atoms with Crippen molar-refractivity contribution in [1.82, 2.24) is 0 Å². The molecule has 0 aliphatic heterocycles. The van der Waals surface area contributed by atoms with E-state index in [1.54, 1.807) is 24.0 Å². The van der Waals surface area contributed by atoms with E-state index in [4.69, 9.17) is 0 Å². The first-order valence-corrected chi connectivity index (χ1v) is 9.04. The molecule has 1 atom stereocenters. The van der Waals surface area contributed by atoms with Crippen LogP contribution in [-0.2, 0) is 30.9 Å². The fraction of sp³-hybridized carbons (Fsp3) is 0.0476. The summed E-state index contributed by atoms with van der Waals surface area (Å²) in [5, 5.41) is 2.13. The van der Waals surface area contributed by atoms with Crippen molar-refractivity contribution in [2.24, 2.45) is 0 Å². The van der Waals surface area contributed by atoms with E-state index in [1.807, 2.05) is 66.6 Å². The number of rotatable bonds is 3. The minimum absolute atomic E-state index is 0. The Morgan fingerprint density at radius 3 is 1.69 bits per heavy atom. The van der Waals surface area contributed by atoms with Crippen LogP contribution in [0.5, 0.6) is 0 Å². The molecule has 0 radical (unpaired) electrons. The van der Waals surface area contributed by atoms with Gasteiger partial charge in [0.1, 0.15) is 17.8 Å². The molecule has 0 heterocycles. The summed E-state index contributed by atoms with van der Waals surface area (Å²) in [5.41, 5.74) is -0.196. The molecule has 0 saturated carbocycles. The summed E-state index contributed by atoms with van der Waals surface area (Å²) in [6, 6.07) is 19.6. The molecule has 130 valence electrons. The van der Waals surface area contributed by atoms with E-state index < -0.39 is 7.92 Å². The monoisotopic (exact) mass is 402 g/mol. The minimum atomic E-state index is -1.000. The Balaban J connectivity index is 0.00000243. The number of hydrogen-bond acceptors (Lipinski definition) is 3. The van der Waals surface area contributed by atoms with Crippen LogP contribution in [0, 0.1) is 0 Å². The van der Waals surface area contributed by atoms with Gasteiger partial charge in [-0.15, -0.1) is 0 Å². The predicted molar refractivity (Wildman–Crippen MR) is 99.6 cm³/mol. The van der Waals surface area contributed by atoms with E-state index in [-0.39, 0.29) is 38.9 Å². The van der Waals surface area contributed by atoms with E-state index in [9.17, 15) is 14.4 Å². The van der Waals surface area contributed by atoms with Crippen LogP contribution in [0.3, 0.4) is 0 Å². The largest absolute Gasteiger partial charge is 0.233 e. The summed E-state index contributed by atoms with van der Waals surface area (Å²) < 4.78 is 0. The van der Waals surface area contributed by atoms with Crippen LogP contribution < -0.4 is 10.6 Å². The van der Waals surface area contributed by atoms with E-state index in [1.165, 1.54) is 0 Å². The molecule has 3 rings (SSSR count). The third kappa shape index (κ3) is 3.82. The number of benzene rings is 2. The van der Waals surface area contributed by atoms with Crippen molar-refractivity contribution < 1.29 is 30.9 Å². The van der Waals surface area contributed by atoms with Crippen molar-refractivity contribution >= 4 is 36.4 Å². The predicted octanol–water partition coefficient (Wildman–Crippen LogP) is 2.33. The maximum Gasteiger partial charge on any atom is 0.134 e. The minimum Gasteiger partial charge on any atom is -0.233 e. The van der Waals surface area contributed by atoms with Crippen LogP contribution in [0.15, 0.2) is 89.5 Å². The van der Waals surface area contributed by atoms with Crippen LogP contribution >= 0.6 is 7.92 Å². The molecule has 2 aromatic rings. The van der Waals surface area contributed by atoms with Crippen LogP contribution in [0.1, 0.15) is 0 Å². The van der Waals surface area contributed by atoms with Gasteiger partial charge in [0.2, 0.25) is 0 Å². The topological polar surface area (TPSA) is 51.2 Å². The van der Waals surface area contributed by atoms with Gasteiger partial charge >= 0.3 is 0 Å². The molecule has 0 amide bonds. The standard InChI is InChI=1S/C21H13O3P.Ni/c22-13-16-11-12-21(20(15-24)19(16)14-23)25(17-7-3-1-4-8-17)18-9-5-2-6-10-18;/h1-12,21H;. The molecule has 0 bridgehead atoms. The van der Waals surface area contributed by atoms with Crippen molar-refractivity contribution in [2.45, 2.75) is 5.66 Å². The molecule has 0 spiro atoms. The average molecular weight is 403 g/mol. The van der Waals surface area contributed by atoms with Crippen molar-refractivity contribution in [1.29, 1.82) is 0 Å². The molecular formula is C21H13NiO3P. The molecule has 0 aromatic heterocycles. The zero-order chi connectivity index (χ0) is 17.6. The van der Waals surface area contributed by atoms with Gasteiger partial charge in [-0.25, -0.2) is 14.4 Å². The smallest absolute Gasteiger partial charge is 0.134 e. The molecule has 0 fully saturated rings. The van der Waals surface area contributed by atoms with E-state index in [0.717, 1.165) is 10.6 Å². The van der Waals surface area contributed by atoms with Crippen molar-refractivity contribution in [3.63, 3.8) is 0 Å². The second-order valence-electron chi connectivity index (χ2n) is 5.35. The second-order valence-corrected chi connectivity index (χ2v) is 7.68. The third-order valence-electron chi connectivity index (χ3n) is 3.95. The van der Waals surface area contributed by atoms with Crippen LogP contribution in [0.4, 0.5) is 0 Å². The van der Waals surface area contributed by atoms with Crippen LogP contribution in [-0.4, -0.2) is 23.5 Å². The summed E-state index contributed by atoms with van der Waals surface area (Å²) in [4.78, 5) is 34.0. The van der Waals surface area contributed by atoms with Gasteiger partial charge < -0.3 is 0 Å². The van der Waals surface area contributed by atoms with Crippen molar-refractivity contribution in [3.8, 4) is 0 Å². The molecule has 1 aliphatic rings. The summed E-state index contributed by atoms with van der Waals surface area (Å²) in [6.07, 6.45) is 3.33. The van der Waals surface area contributed by atoms with Crippen molar-refractivity contribution in [3.05, 3.63) is 89.5 Å². The zero-order valence-electron chi connectivity index (χ0n) is 13.5. The summed E-state index contributed by atoms with van der Waals surface area (Å²) in [6.45, 7) is 0. The molecule has 1 aliphatic carbocycles. The third-order valence-corrected chi connectivity index (χ3v) is 6.64. The van der Waals surface area contributed by atoms with Gasteiger partial charge in [0.15, 0.2) is 0 Å². The Bertz CT molecular complexity index is 923. The quantitative estimate of drug-likeness (QED) is 0.449. The Kier molecular flexibility index (Phi) is 7.02. The first-order valence-electron chi connectivity index (χ1n) is 7.63. The van der Waals surface area contributed by atoms with Crippen LogP contribution in [0.2, 0.25) is 0 Å². The van der Waals surface area contributed by atoms with Crippen molar-refractivity contribution in [2.75, 3.05) is 0 Å². The SMILES string of the molecule is O=C=C1C=CC(P(c2ccccc2)c2ccccc2)C(=C=O)C1=C=O.[Ni]. The van der Waals surface area contributed by atoms with E-state index in [2.05, 4.69) is 0 Å². The maximum absolute atomic E-state index is 11.6. The Hall–Kier alpha value is -2.55. The fourth-order valence-electron chi connectivity index (χ4n) is 2.83. The van der Waals surface area contributed by atoms with E-state index in [0.29, 0.717) is 0 Å². The molecule has 2 aromatic carbocycles. The molecule has 0 saturated heterocycles. The van der Waals surface area contributed by atoms with Gasteiger partial charge in [-0.3, -0.25) is 0 Å². The zero-order valence-corrected chi connectivity index (χ0v) is 15.4. The molecule has 1 unspecified atom stereocenters. The Morgan fingerprint density at radius 1 is 0.731 bits per heavy atom. The first kappa shape index (κ1) is 19.8. The van der Waals surface area contributed by atoms with Gasteiger partial charge in [-0.05, 0) is 24.6 Å². The molecule has 3 nitrogen and oxygen atoms in total. The Morgan fingerprint density at radius 2 is 1.27 bits per heavy atom. The summed E-state index contributed by atoms with van der Waals surface area (Å²) >= 11 is 0. The Labute approximate surface area is 162 Å². The molecule has 0 N–H and O–H groups in total. The number of allylic oxidation sites excluding steroid dienone is 5. The number of carbonyl (C=O) groups excluding carboxylic acids is 3.